The highest BCUT2D eigenvalue weighted by atomic mass is 16.2. The van der Waals surface area contributed by atoms with Crippen LogP contribution in [-0.2, 0) is 0 Å². The first-order valence-corrected chi connectivity index (χ1v) is 5.64. The van der Waals surface area contributed by atoms with Crippen LogP contribution >= 0.6 is 0 Å². The second-order valence-corrected chi connectivity index (χ2v) is 3.91. The van der Waals surface area contributed by atoms with Crippen molar-refractivity contribution in [1.29, 1.82) is 0 Å². The number of rotatable bonds is 1. The van der Waals surface area contributed by atoms with Crippen LogP contribution in [0.3, 0.4) is 0 Å². The molecule has 0 bridgehead atoms. The number of hydrogen-bond acceptors (Lipinski definition) is 2. The molecule has 0 atom stereocenters. The minimum absolute atomic E-state index is 0.262. The molecule has 3 rings (SSSR count). The molecule has 1 heterocycles. The normalized spacial score (nSPS) is 10.4. The Hall–Kier alpha value is -2.62. The van der Waals surface area contributed by atoms with Gasteiger partial charge in [0.1, 0.15) is 0 Å². The number of carbonyl (C=O) groups is 1. The summed E-state index contributed by atoms with van der Waals surface area (Å²) in [4.78, 5) is 12.1. The standard InChI is InChI=1S/C14H11N3O/c18-14(16-12-7-2-1-3-8-12)17-13-9-5-4-6-11(13)10-15-17/h1-10H,(H,16,18). The molecule has 18 heavy (non-hydrogen) atoms. The molecule has 1 aromatic heterocycles. The number of nitrogens with zero attached hydrogens (tertiary/aromatic N) is 2. The van der Waals surface area contributed by atoms with Gasteiger partial charge < -0.3 is 5.32 Å². The molecule has 2 aromatic carbocycles. The lowest BCUT2D eigenvalue weighted by atomic mass is 10.3. The highest BCUT2D eigenvalue weighted by molar-refractivity contribution is 5.97. The summed E-state index contributed by atoms with van der Waals surface area (Å²) >= 11 is 0. The molecular formula is C14H11N3O. The SMILES string of the molecule is O=C(Nc1ccccc1)n1ncc2ccccc21. The Labute approximate surface area is 104 Å². The van der Waals surface area contributed by atoms with Gasteiger partial charge in [0.25, 0.3) is 0 Å². The van der Waals surface area contributed by atoms with E-state index in [4.69, 9.17) is 0 Å². The van der Waals surface area contributed by atoms with Crippen LogP contribution in [0, 0.1) is 0 Å². The third-order valence-corrected chi connectivity index (χ3v) is 2.69. The largest absolute Gasteiger partial charge is 0.347 e. The Morgan fingerprint density at radius 1 is 1.00 bits per heavy atom. The van der Waals surface area contributed by atoms with Crippen LogP contribution in [0.1, 0.15) is 0 Å². The number of benzene rings is 2. The van der Waals surface area contributed by atoms with Crippen molar-refractivity contribution >= 4 is 22.6 Å². The molecular weight excluding hydrogens is 226 g/mol. The van der Waals surface area contributed by atoms with E-state index in [2.05, 4.69) is 10.4 Å². The number of nitrogens with one attached hydrogen (secondary N) is 1. The molecule has 0 aliphatic rings. The van der Waals surface area contributed by atoms with Crippen molar-refractivity contribution in [3.8, 4) is 0 Å². The summed E-state index contributed by atoms with van der Waals surface area (Å²) in [5, 5.41) is 7.84. The summed E-state index contributed by atoms with van der Waals surface area (Å²) in [6.45, 7) is 0. The lowest BCUT2D eigenvalue weighted by molar-refractivity contribution is 0.252. The molecule has 0 saturated carbocycles. The molecule has 0 unspecified atom stereocenters. The number of carbonyl (C=O) groups excluding carboxylic acids is 1. The van der Waals surface area contributed by atoms with Crippen molar-refractivity contribution in [3.63, 3.8) is 0 Å². The average Bonchev–Trinajstić information content (AvgIpc) is 2.84. The molecule has 0 radical (unpaired) electrons. The molecule has 1 amide bonds. The highest BCUT2D eigenvalue weighted by Gasteiger charge is 2.09. The van der Waals surface area contributed by atoms with Gasteiger partial charge in [-0.25, -0.2) is 4.79 Å². The van der Waals surface area contributed by atoms with E-state index in [1.165, 1.54) is 4.68 Å². The molecule has 0 aliphatic carbocycles. The molecule has 88 valence electrons. The second-order valence-electron chi connectivity index (χ2n) is 3.91. The van der Waals surface area contributed by atoms with Gasteiger partial charge in [0.2, 0.25) is 0 Å². The van der Waals surface area contributed by atoms with Gasteiger partial charge in [0.15, 0.2) is 0 Å². The Bertz CT molecular complexity index is 688. The third kappa shape index (κ3) is 1.84. The third-order valence-electron chi connectivity index (χ3n) is 2.69. The molecule has 4 heteroatoms. The van der Waals surface area contributed by atoms with Crippen molar-refractivity contribution in [3.05, 3.63) is 60.8 Å². The van der Waals surface area contributed by atoms with Crippen molar-refractivity contribution < 1.29 is 4.79 Å². The minimum atomic E-state index is -0.262. The number of para-hydroxylation sites is 2. The molecule has 0 aliphatic heterocycles. The fourth-order valence-electron chi connectivity index (χ4n) is 1.83. The molecule has 0 saturated heterocycles. The average molecular weight is 237 g/mol. The number of aromatic nitrogens is 2. The van der Waals surface area contributed by atoms with Crippen LogP contribution in [0.25, 0.3) is 10.9 Å². The lowest BCUT2D eigenvalue weighted by Gasteiger charge is -2.05. The molecule has 4 nitrogen and oxygen atoms in total. The second kappa shape index (κ2) is 4.33. The van der Waals surface area contributed by atoms with Crippen LogP contribution < -0.4 is 5.32 Å². The highest BCUT2D eigenvalue weighted by Crippen LogP contribution is 2.13. The summed E-state index contributed by atoms with van der Waals surface area (Å²) in [5.41, 5.74) is 1.55. The Kier molecular flexibility index (Phi) is 2.53. The van der Waals surface area contributed by atoms with E-state index >= 15 is 0 Å². The first-order valence-electron chi connectivity index (χ1n) is 5.64. The van der Waals surface area contributed by atoms with Gasteiger partial charge >= 0.3 is 6.03 Å². The van der Waals surface area contributed by atoms with E-state index in [1.807, 2.05) is 54.6 Å². The minimum Gasteiger partial charge on any atom is -0.306 e. The Morgan fingerprint density at radius 3 is 2.56 bits per heavy atom. The topological polar surface area (TPSA) is 46.9 Å². The molecule has 0 fully saturated rings. The van der Waals surface area contributed by atoms with E-state index in [9.17, 15) is 4.79 Å². The Morgan fingerprint density at radius 2 is 1.72 bits per heavy atom. The monoisotopic (exact) mass is 237 g/mol. The zero-order valence-corrected chi connectivity index (χ0v) is 9.58. The smallest absolute Gasteiger partial charge is 0.306 e. The Balaban J connectivity index is 1.93. The first-order chi connectivity index (χ1) is 8.84. The lowest BCUT2D eigenvalue weighted by Crippen LogP contribution is -2.20. The summed E-state index contributed by atoms with van der Waals surface area (Å²) in [5.74, 6) is 0. The van der Waals surface area contributed by atoms with Gasteiger partial charge in [-0.3, -0.25) is 0 Å². The predicted octanol–water partition coefficient (Wildman–Crippen LogP) is 3.12. The van der Waals surface area contributed by atoms with Crippen molar-refractivity contribution in [1.82, 2.24) is 9.78 Å². The predicted molar refractivity (Wildman–Crippen MR) is 70.6 cm³/mol. The van der Waals surface area contributed by atoms with Crippen LogP contribution in [-0.4, -0.2) is 15.8 Å². The van der Waals surface area contributed by atoms with Crippen molar-refractivity contribution in [2.75, 3.05) is 5.32 Å². The van der Waals surface area contributed by atoms with Gasteiger partial charge in [-0.15, -0.1) is 0 Å². The maximum atomic E-state index is 12.1. The van der Waals surface area contributed by atoms with Gasteiger partial charge in [-0.1, -0.05) is 36.4 Å². The van der Waals surface area contributed by atoms with E-state index in [0.29, 0.717) is 0 Å². The molecule has 0 spiro atoms. The van der Waals surface area contributed by atoms with Crippen LogP contribution in [0.4, 0.5) is 10.5 Å². The summed E-state index contributed by atoms with van der Waals surface area (Å²) in [6.07, 6.45) is 1.68. The van der Waals surface area contributed by atoms with Crippen molar-refractivity contribution in [2.24, 2.45) is 0 Å². The molecule has 3 aromatic rings. The maximum Gasteiger partial charge on any atom is 0.347 e. The van der Waals surface area contributed by atoms with Gasteiger partial charge in [-0.2, -0.15) is 9.78 Å². The van der Waals surface area contributed by atoms with E-state index < -0.39 is 0 Å². The molecule has 1 N–H and O–H groups in total. The number of anilines is 1. The summed E-state index contributed by atoms with van der Waals surface area (Å²) in [7, 11) is 0. The van der Waals surface area contributed by atoms with E-state index in [0.717, 1.165) is 16.6 Å². The van der Waals surface area contributed by atoms with Crippen molar-refractivity contribution in [2.45, 2.75) is 0 Å². The summed E-state index contributed by atoms with van der Waals surface area (Å²) in [6, 6.07) is 16.7. The maximum absolute atomic E-state index is 12.1. The number of amides is 1. The fraction of sp³-hybridized carbons (Fsp3) is 0. The van der Waals surface area contributed by atoms with Crippen LogP contribution in [0.5, 0.6) is 0 Å². The number of hydrogen-bond donors (Lipinski definition) is 1. The van der Waals surface area contributed by atoms with E-state index in [-0.39, 0.29) is 6.03 Å². The fourth-order valence-corrected chi connectivity index (χ4v) is 1.83. The quantitative estimate of drug-likeness (QED) is 0.706. The number of fused-ring (bicyclic) bond motifs is 1. The van der Waals surface area contributed by atoms with Crippen LogP contribution in [0.15, 0.2) is 60.8 Å². The van der Waals surface area contributed by atoms with Gasteiger partial charge in [-0.05, 0) is 18.2 Å². The van der Waals surface area contributed by atoms with Gasteiger partial charge in [0.05, 0.1) is 11.7 Å². The zero-order chi connectivity index (χ0) is 12.4. The zero-order valence-electron chi connectivity index (χ0n) is 9.58. The van der Waals surface area contributed by atoms with Gasteiger partial charge in [0, 0.05) is 11.1 Å². The van der Waals surface area contributed by atoms with Crippen LogP contribution in [0.2, 0.25) is 0 Å². The summed E-state index contributed by atoms with van der Waals surface area (Å²) < 4.78 is 1.36. The van der Waals surface area contributed by atoms with E-state index in [1.54, 1.807) is 6.20 Å². The first kappa shape index (κ1) is 10.5.